The summed E-state index contributed by atoms with van der Waals surface area (Å²) >= 11 is 1.62. The van der Waals surface area contributed by atoms with Gasteiger partial charge in [0.15, 0.2) is 11.5 Å². The van der Waals surface area contributed by atoms with Crippen LogP contribution in [0.4, 0.5) is 5.69 Å². The first-order valence-electron chi connectivity index (χ1n) is 9.16. The van der Waals surface area contributed by atoms with Gasteiger partial charge in [0, 0.05) is 22.5 Å². The number of rotatable bonds is 7. The molecular weight excluding hydrogens is 372 g/mol. The summed E-state index contributed by atoms with van der Waals surface area (Å²) in [7, 11) is 3.26. The molecule has 5 nitrogen and oxygen atoms in total. The van der Waals surface area contributed by atoms with E-state index < -0.39 is 0 Å². The first kappa shape index (κ1) is 19.9. The molecule has 1 N–H and O–H groups in total. The number of ether oxygens (including phenoxy) is 2. The number of thiazole rings is 1. The molecule has 3 rings (SSSR count). The number of hydrogen-bond donors (Lipinski definition) is 1. The molecule has 0 aliphatic heterocycles. The lowest BCUT2D eigenvalue weighted by Crippen LogP contribution is -2.10. The number of aromatic nitrogens is 1. The van der Waals surface area contributed by atoms with Gasteiger partial charge in [-0.15, -0.1) is 11.3 Å². The molecule has 0 atom stereocenters. The van der Waals surface area contributed by atoms with Gasteiger partial charge in [0.05, 0.1) is 25.5 Å². The average molecular weight is 397 g/mol. The van der Waals surface area contributed by atoms with Crippen LogP contribution in [0.1, 0.15) is 24.6 Å². The molecule has 28 heavy (non-hydrogen) atoms. The third kappa shape index (κ3) is 4.17. The SMILES string of the molecule is CCCC(=O)Nc1ccc(-c2nc(-c3cccc(OC)c3OC)sc2C)cc1. The smallest absolute Gasteiger partial charge is 0.224 e. The van der Waals surface area contributed by atoms with Gasteiger partial charge in [0.2, 0.25) is 5.91 Å². The average Bonchev–Trinajstić information content (AvgIpc) is 3.09. The van der Waals surface area contributed by atoms with Crippen LogP contribution in [0.15, 0.2) is 42.5 Å². The van der Waals surface area contributed by atoms with Gasteiger partial charge >= 0.3 is 0 Å². The van der Waals surface area contributed by atoms with Gasteiger partial charge in [0.1, 0.15) is 5.01 Å². The Balaban J connectivity index is 1.90. The second-order valence-electron chi connectivity index (χ2n) is 6.34. The van der Waals surface area contributed by atoms with E-state index >= 15 is 0 Å². The number of aryl methyl sites for hydroxylation is 1. The van der Waals surface area contributed by atoms with E-state index in [1.54, 1.807) is 25.6 Å². The molecule has 1 aromatic heterocycles. The summed E-state index contributed by atoms with van der Waals surface area (Å²) in [6.07, 6.45) is 1.36. The number of amides is 1. The summed E-state index contributed by atoms with van der Waals surface area (Å²) in [5.41, 5.74) is 3.64. The van der Waals surface area contributed by atoms with Gasteiger partial charge < -0.3 is 14.8 Å². The third-order valence-corrected chi connectivity index (χ3v) is 5.35. The van der Waals surface area contributed by atoms with Gasteiger partial charge in [0.25, 0.3) is 0 Å². The molecule has 146 valence electrons. The molecule has 0 saturated carbocycles. The van der Waals surface area contributed by atoms with Crippen molar-refractivity contribution in [1.82, 2.24) is 4.98 Å². The minimum Gasteiger partial charge on any atom is -0.493 e. The highest BCUT2D eigenvalue weighted by Gasteiger charge is 2.17. The number of anilines is 1. The van der Waals surface area contributed by atoms with Crippen LogP contribution in [0.2, 0.25) is 0 Å². The first-order chi connectivity index (χ1) is 13.6. The minimum absolute atomic E-state index is 0.0347. The second-order valence-corrected chi connectivity index (χ2v) is 7.54. The summed E-state index contributed by atoms with van der Waals surface area (Å²) in [5, 5.41) is 3.79. The minimum atomic E-state index is 0.0347. The summed E-state index contributed by atoms with van der Waals surface area (Å²) in [5.74, 6) is 1.40. The maximum atomic E-state index is 11.8. The van der Waals surface area contributed by atoms with Crippen molar-refractivity contribution in [3.05, 3.63) is 47.3 Å². The Kier molecular flexibility index (Phi) is 6.31. The lowest BCUT2D eigenvalue weighted by atomic mass is 10.1. The van der Waals surface area contributed by atoms with Crippen molar-refractivity contribution in [1.29, 1.82) is 0 Å². The molecule has 0 bridgehead atoms. The predicted molar refractivity (Wildman–Crippen MR) is 114 cm³/mol. The van der Waals surface area contributed by atoms with Gasteiger partial charge in [-0.1, -0.05) is 25.1 Å². The summed E-state index contributed by atoms with van der Waals surface area (Å²) in [4.78, 5) is 17.7. The fraction of sp³-hybridized carbons (Fsp3) is 0.273. The molecule has 0 saturated heterocycles. The molecule has 3 aromatic rings. The molecule has 0 aliphatic rings. The molecular formula is C22H24N2O3S. The van der Waals surface area contributed by atoms with E-state index in [0.29, 0.717) is 17.9 Å². The van der Waals surface area contributed by atoms with E-state index in [-0.39, 0.29) is 5.91 Å². The lowest BCUT2D eigenvalue weighted by molar-refractivity contribution is -0.116. The molecule has 1 amide bonds. The number of carbonyl (C=O) groups excluding carboxylic acids is 1. The number of carbonyl (C=O) groups is 1. The number of hydrogen-bond acceptors (Lipinski definition) is 5. The standard InChI is InChI=1S/C22H24N2O3S/c1-5-7-19(25)23-16-12-10-15(11-13-16)20-14(2)28-22(24-20)17-8-6-9-18(26-3)21(17)27-4/h6,8-13H,5,7H2,1-4H3,(H,23,25). The van der Waals surface area contributed by atoms with Gasteiger partial charge in [-0.25, -0.2) is 4.98 Å². The topological polar surface area (TPSA) is 60.5 Å². The molecule has 0 spiro atoms. The van der Waals surface area contributed by atoms with Crippen molar-refractivity contribution in [3.8, 4) is 33.3 Å². The molecule has 0 aliphatic carbocycles. The summed E-state index contributed by atoms with van der Waals surface area (Å²) in [6, 6.07) is 13.6. The monoisotopic (exact) mass is 396 g/mol. The highest BCUT2D eigenvalue weighted by atomic mass is 32.1. The number of nitrogens with one attached hydrogen (secondary N) is 1. The maximum absolute atomic E-state index is 11.8. The zero-order chi connectivity index (χ0) is 20.1. The molecule has 0 radical (unpaired) electrons. The Hall–Kier alpha value is -2.86. The second kappa shape index (κ2) is 8.89. The predicted octanol–water partition coefficient (Wildman–Crippen LogP) is 5.54. The Bertz CT molecular complexity index is 964. The number of benzene rings is 2. The Labute approximate surface area is 169 Å². The fourth-order valence-electron chi connectivity index (χ4n) is 3.00. The Morgan fingerprint density at radius 1 is 1.11 bits per heavy atom. The number of methoxy groups -OCH3 is 2. The van der Waals surface area contributed by atoms with E-state index in [1.807, 2.05) is 49.4 Å². The van der Waals surface area contributed by atoms with Gasteiger partial charge in [-0.2, -0.15) is 0 Å². The first-order valence-corrected chi connectivity index (χ1v) is 9.98. The van der Waals surface area contributed by atoms with E-state index in [0.717, 1.165) is 38.8 Å². The van der Waals surface area contributed by atoms with Gasteiger partial charge in [-0.05, 0) is 37.6 Å². The largest absolute Gasteiger partial charge is 0.493 e. The molecule has 0 fully saturated rings. The molecule has 6 heteroatoms. The van der Waals surface area contributed by atoms with Crippen LogP contribution < -0.4 is 14.8 Å². The van der Waals surface area contributed by atoms with Crippen LogP contribution >= 0.6 is 11.3 Å². The van der Waals surface area contributed by atoms with E-state index in [1.165, 1.54) is 0 Å². The Morgan fingerprint density at radius 3 is 2.50 bits per heavy atom. The van der Waals surface area contributed by atoms with Crippen LogP contribution in [0.5, 0.6) is 11.5 Å². The van der Waals surface area contributed by atoms with E-state index in [4.69, 9.17) is 14.5 Å². The molecule has 1 heterocycles. The van der Waals surface area contributed by atoms with Crippen molar-refractivity contribution in [3.63, 3.8) is 0 Å². The quantitative estimate of drug-likeness (QED) is 0.569. The van der Waals surface area contributed by atoms with Crippen molar-refractivity contribution < 1.29 is 14.3 Å². The van der Waals surface area contributed by atoms with E-state index in [9.17, 15) is 4.79 Å². The fourth-order valence-corrected chi connectivity index (χ4v) is 3.95. The highest BCUT2D eigenvalue weighted by molar-refractivity contribution is 7.15. The lowest BCUT2D eigenvalue weighted by Gasteiger charge is -2.10. The van der Waals surface area contributed by atoms with Crippen molar-refractivity contribution in [2.75, 3.05) is 19.5 Å². The molecule has 2 aromatic carbocycles. The molecule has 0 unspecified atom stereocenters. The van der Waals surface area contributed by atoms with Crippen LogP contribution in [-0.4, -0.2) is 25.1 Å². The number of para-hydroxylation sites is 1. The Morgan fingerprint density at radius 2 is 1.86 bits per heavy atom. The van der Waals surface area contributed by atoms with Gasteiger partial charge in [-0.3, -0.25) is 4.79 Å². The van der Waals surface area contributed by atoms with Crippen LogP contribution in [0.3, 0.4) is 0 Å². The van der Waals surface area contributed by atoms with Crippen LogP contribution in [0, 0.1) is 6.92 Å². The number of nitrogens with zero attached hydrogens (tertiary/aromatic N) is 1. The third-order valence-electron chi connectivity index (χ3n) is 4.35. The van der Waals surface area contributed by atoms with Crippen molar-refractivity contribution in [2.45, 2.75) is 26.7 Å². The summed E-state index contributed by atoms with van der Waals surface area (Å²) < 4.78 is 11.0. The zero-order valence-corrected chi connectivity index (χ0v) is 17.4. The zero-order valence-electron chi connectivity index (χ0n) is 16.5. The highest BCUT2D eigenvalue weighted by Crippen LogP contribution is 2.41. The van der Waals surface area contributed by atoms with Crippen LogP contribution in [-0.2, 0) is 4.79 Å². The van der Waals surface area contributed by atoms with Crippen molar-refractivity contribution >= 4 is 22.9 Å². The van der Waals surface area contributed by atoms with E-state index in [2.05, 4.69) is 12.2 Å². The maximum Gasteiger partial charge on any atom is 0.224 e. The summed E-state index contributed by atoms with van der Waals surface area (Å²) in [6.45, 7) is 4.04. The normalized spacial score (nSPS) is 10.6. The van der Waals surface area contributed by atoms with Crippen molar-refractivity contribution in [2.24, 2.45) is 0 Å². The van der Waals surface area contributed by atoms with Crippen LogP contribution in [0.25, 0.3) is 21.8 Å².